The highest BCUT2D eigenvalue weighted by molar-refractivity contribution is 5.71. The number of carboxylic acid groups (broad SMARTS) is 1. The van der Waals surface area contributed by atoms with E-state index in [1.807, 2.05) is 37.3 Å². The molecular weight excluding hydrogens is 190 g/mol. The average molecular weight is 207 g/mol. The largest absolute Gasteiger partial charge is 0.481 e. The van der Waals surface area contributed by atoms with Crippen molar-refractivity contribution in [3.05, 3.63) is 35.9 Å². The van der Waals surface area contributed by atoms with Gasteiger partial charge in [-0.1, -0.05) is 37.3 Å². The first-order valence-electron chi connectivity index (χ1n) is 5.15. The Hall–Kier alpha value is -1.35. The van der Waals surface area contributed by atoms with E-state index in [0.29, 0.717) is 6.42 Å². The molecule has 0 radical (unpaired) electrons. The Kier molecular flexibility index (Phi) is 4.31. The number of nitrogens with one attached hydrogen (secondary N) is 1. The molecule has 2 N–H and O–H groups in total. The monoisotopic (exact) mass is 207 g/mol. The lowest BCUT2D eigenvalue weighted by molar-refractivity contribution is -0.143. The van der Waals surface area contributed by atoms with Crippen LogP contribution >= 0.6 is 0 Å². The van der Waals surface area contributed by atoms with Crippen LogP contribution in [0.25, 0.3) is 0 Å². The van der Waals surface area contributed by atoms with Crippen LogP contribution < -0.4 is 5.32 Å². The van der Waals surface area contributed by atoms with Gasteiger partial charge in [0.15, 0.2) is 0 Å². The van der Waals surface area contributed by atoms with Gasteiger partial charge in [0.25, 0.3) is 0 Å². The molecule has 15 heavy (non-hydrogen) atoms. The van der Waals surface area contributed by atoms with Crippen molar-refractivity contribution in [2.75, 3.05) is 7.05 Å². The first-order chi connectivity index (χ1) is 7.20. The molecule has 82 valence electrons. The van der Waals surface area contributed by atoms with Gasteiger partial charge in [-0.25, -0.2) is 0 Å². The molecular formula is C12H17NO2. The van der Waals surface area contributed by atoms with E-state index in [9.17, 15) is 4.79 Å². The van der Waals surface area contributed by atoms with E-state index in [4.69, 9.17) is 5.11 Å². The average Bonchev–Trinajstić information content (AvgIpc) is 2.26. The summed E-state index contributed by atoms with van der Waals surface area (Å²) in [5.74, 6) is -1.13. The van der Waals surface area contributed by atoms with E-state index in [1.165, 1.54) is 0 Å². The van der Waals surface area contributed by atoms with Crippen molar-refractivity contribution in [2.24, 2.45) is 5.92 Å². The second-order valence-electron chi connectivity index (χ2n) is 3.53. The topological polar surface area (TPSA) is 49.3 Å². The van der Waals surface area contributed by atoms with Gasteiger partial charge >= 0.3 is 5.97 Å². The summed E-state index contributed by atoms with van der Waals surface area (Å²) < 4.78 is 0. The van der Waals surface area contributed by atoms with Crippen LogP contribution in [0.4, 0.5) is 0 Å². The number of rotatable bonds is 5. The van der Waals surface area contributed by atoms with Gasteiger partial charge < -0.3 is 10.4 Å². The highest BCUT2D eigenvalue weighted by atomic mass is 16.4. The van der Waals surface area contributed by atoms with E-state index >= 15 is 0 Å². The molecule has 0 saturated carbocycles. The van der Waals surface area contributed by atoms with Crippen LogP contribution in [-0.2, 0) is 4.79 Å². The van der Waals surface area contributed by atoms with Crippen molar-refractivity contribution in [2.45, 2.75) is 19.4 Å². The minimum absolute atomic E-state index is 0.117. The Balaban J connectivity index is 2.92. The zero-order valence-electron chi connectivity index (χ0n) is 9.10. The maximum atomic E-state index is 11.1. The second-order valence-corrected chi connectivity index (χ2v) is 3.53. The molecule has 0 spiro atoms. The smallest absolute Gasteiger partial charge is 0.308 e. The standard InChI is InChI=1S/C12H17NO2/c1-3-10(12(14)15)11(13-2)9-7-5-4-6-8-9/h4-8,10-11,13H,3H2,1-2H3,(H,14,15). The number of carboxylic acids is 1. The quantitative estimate of drug-likeness (QED) is 0.777. The van der Waals surface area contributed by atoms with Crippen LogP contribution in [0.3, 0.4) is 0 Å². The van der Waals surface area contributed by atoms with Crippen molar-refractivity contribution in [1.82, 2.24) is 5.32 Å². The number of benzene rings is 1. The molecule has 0 aromatic heterocycles. The van der Waals surface area contributed by atoms with Crippen LogP contribution in [-0.4, -0.2) is 18.1 Å². The molecule has 0 amide bonds. The summed E-state index contributed by atoms with van der Waals surface area (Å²) in [7, 11) is 1.79. The van der Waals surface area contributed by atoms with E-state index in [2.05, 4.69) is 5.32 Å². The summed E-state index contributed by atoms with van der Waals surface area (Å²) in [6.45, 7) is 1.89. The lowest BCUT2D eigenvalue weighted by Crippen LogP contribution is -2.30. The van der Waals surface area contributed by atoms with Gasteiger partial charge in [-0.15, -0.1) is 0 Å². The van der Waals surface area contributed by atoms with Crippen LogP contribution in [0.15, 0.2) is 30.3 Å². The molecule has 0 aliphatic rings. The normalized spacial score (nSPS) is 14.5. The lowest BCUT2D eigenvalue weighted by Gasteiger charge is -2.22. The third kappa shape index (κ3) is 2.80. The molecule has 0 aliphatic carbocycles. The molecule has 3 nitrogen and oxygen atoms in total. The zero-order valence-corrected chi connectivity index (χ0v) is 9.10. The van der Waals surface area contributed by atoms with Gasteiger partial charge in [-0.2, -0.15) is 0 Å². The second kappa shape index (κ2) is 5.51. The number of aliphatic carboxylic acids is 1. The fraction of sp³-hybridized carbons (Fsp3) is 0.417. The molecule has 2 unspecified atom stereocenters. The maximum absolute atomic E-state index is 11.1. The summed E-state index contributed by atoms with van der Waals surface area (Å²) in [6, 6.07) is 9.56. The lowest BCUT2D eigenvalue weighted by atomic mass is 9.91. The first kappa shape index (κ1) is 11.7. The fourth-order valence-corrected chi connectivity index (χ4v) is 1.81. The summed E-state index contributed by atoms with van der Waals surface area (Å²) >= 11 is 0. The summed E-state index contributed by atoms with van der Waals surface area (Å²) in [6.07, 6.45) is 0.621. The van der Waals surface area contributed by atoms with Crippen LogP contribution in [0, 0.1) is 5.92 Å². The molecule has 1 aromatic rings. The summed E-state index contributed by atoms with van der Waals surface area (Å²) in [5.41, 5.74) is 1.02. The van der Waals surface area contributed by atoms with E-state index < -0.39 is 5.97 Å². The fourth-order valence-electron chi connectivity index (χ4n) is 1.81. The van der Waals surface area contributed by atoms with Gasteiger partial charge in [-0.05, 0) is 19.0 Å². The van der Waals surface area contributed by atoms with E-state index in [1.54, 1.807) is 7.05 Å². The summed E-state index contributed by atoms with van der Waals surface area (Å²) in [4.78, 5) is 11.1. The molecule has 0 fully saturated rings. The predicted molar refractivity (Wildman–Crippen MR) is 59.7 cm³/mol. The molecule has 0 aliphatic heterocycles. The summed E-state index contributed by atoms with van der Waals surface area (Å²) in [5, 5.41) is 12.2. The van der Waals surface area contributed by atoms with Crippen LogP contribution in [0.5, 0.6) is 0 Å². The van der Waals surface area contributed by atoms with E-state index in [0.717, 1.165) is 5.56 Å². The van der Waals surface area contributed by atoms with Crippen molar-refractivity contribution < 1.29 is 9.90 Å². The Morgan fingerprint density at radius 2 is 2.00 bits per heavy atom. The molecule has 3 heteroatoms. The Morgan fingerprint density at radius 1 is 1.40 bits per heavy atom. The van der Waals surface area contributed by atoms with Gasteiger partial charge in [0.05, 0.1) is 5.92 Å². The van der Waals surface area contributed by atoms with Crippen molar-refractivity contribution in [1.29, 1.82) is 0 Å². The van der Waals surface area contributed by atoms with Crippen molar-refractivity contribution in [3.8, 4) is 0 Å². The predicted octanol–water partition coefficient (Wildman–Crippen LogP) is 2.06. The minimum atomic E-state index is -0.749. The molecule has 1 aromatic carbocycles. The first-order valence-corrected chi connectivity index (χ1v) is 5.15. The third-order valence-corrected chi connectivity index (χ3v) is 2.63. The van der Waals surface area contributed by atoms with Gasteiger partial charge in [0.2, 0.25) is 0 Å². The number of hydrogen-bond acceptors (Lipinski definition) is 2. The Morgan fingerprint density at radius 3 is 2.40 bits per heavy atom. The third-order valence-electron chi connectivity index (χ3n) is 2.63. The number of hydrogen-bond donors (Lipinski definition) is 2. The van der Waals surface area contributed by atoms with Crippen molar-refractivity contribution >= 4 is 5.97 Å². The van der Waals surface area contributed by atoms with Crippen LogP contribution in [0.1, 0.15) is 24.9 Å². The zero-order chi connectivity index (χ0) is 11.3. The Labute approximate surface area is 90.1 Å². The highest BCUT2D eigenvalue weighted by Gasteiger charge is 2.26. The highest BCUT2D eigenvalue weighted by Crippen LogP contribution is 2.24. The van der Waals surface area contributed by atoms with Gasteiger partial charge in [0.1, 0.15) is 0 Å². The van der Waals surface area contributed by atoms with Gasteiger partial charge in [0, 0.05) is 6.04 Å². The van der Waals surface area contributed by atoms with Crippen LogP contribution in [0.2, 0.25) is 0 Å². The van der Waals surface area contributed by atoms with Gasteiger partial charge in [-0.3, -0.25) is 4.79 Å². The van der Waals surface area contributed by atoms with E-state index in [-0.39, 0.29) is 12.0 Å². The molecule has 2 atom stereocenters. The minimum Gasteiger partial charge on any atom is -0.481 e. The Bertz CT molecular complexity index is 311. The van der Waals surface area contributed by atoms with Crippen molar-refractivity contribution in [3.63, 3.8) is 0 Å². The molecule has 0 heterocycles. The SMILES string of the molecule is CCC(C(=O)O)C(NC)c1ccccc1. The molecule has 1 rings (SSSR count). The maximum Gasteiger partial charge on any atom is 0.308 e. The number of carbonyl (C=O) groups is 1. The molecule has 0 saturated heterocycles. The molecule has 0 bridgehead atoms.